The minimum absolute atomic E-state index is 0.0951. The van der Waals surface area contributed by atoms with E-state index < -0.39 is 5.41 Å². The Morgan fingerprint density at radius 1 is 1.29 bits per heavy atom. The highest BCUT2D eigenvalue weighted by Crippen LogP contribution is 2.52. The van der Waals surface area contributed by atoms with E-state index >= 15 is 0 Å². The molecule has 0 spiro atoms. The lowest BCUT2D eigenvalue weighted by Crippen LogP contribution is -2.30. The van der Waals surface area contributed by atoms with Crippen molar-refractivity contribution in [1.29, 1.82) is 0 Å². The van der Waals surface area contributed by atoms with Gasteiger partial charge in [0.25, 0.3) is 0 Å². The maximum Gasteiger partial charge on any atom is 0.311 e. The molecule has 0 aromatic carbocycles. The van der Waals surface area contributed by atoms with E-state index in [0.29, 0.717) is 11.8 Å². The molecular weight excluding hydrogens is 178 g/mol. The lowest BCUT2D eigenvalue weighted by molar-refractivity contribution is -0.159. The van der Waals surface area contributed by atoms with Crippen LogP contribution in [-0.2, 0) is 9.53 Å². The molecule has 2 rings (SSSR count). The first-order valence-corrected chi connectivity index (χ1v) is 5.36. The summed E-state index contributed by atoms with van der Waals surface area (Å²) in [4.78, 5) is 11.6. The van der Waals surface area contributed by atoms with Crippen LogP contribution in [0.25, 0.3) is 0 Å². The number of esters is 1. The number of hydrogen-bond acceptors (Lipinski definition) is 3. The van der Waals surface area contributed by atoms with Crippen LogP contribution >= 0.6 is 0 Å². The summed E-state index contributed by atoms with van der Waals surface area (Å²) >= 11 is 0. The molecule has 3 nitrogen and oxygen atoms in total. The third-order valence-electron chi connectivity index (χ3n) is 3.29. The minimum atomic E-state index is -0.392. The zero-order valence-corrected chi connectivity index (χ0v) is 9.12. The van der Waals surface area contributed by atoms with Gasteiger partial charge in [-0.3, -0.25) is 4.79 Å². The molecule has 0 radical (unpaired) electrons. The molecule has 2 fully saturated rings. The fourth-order valence-corrected chi connectivity index (χ4v) is 2.22. The Hall–Kier alpha value is -0.570. The normalized spacial score (nSPS) is 40.6. The second kappa shape index (κ2) is 2.96. The average Bonchev–Trinajstić information content (AvgIpc) is 2.74. The molecule has 0 aliphatic heterocycles. The van der Waals surface area contributed by atoms with Crippen molar-refractivity contribution in [2.75, 3.05) is 0 Å². The van der Waals surface area contributed by atoms with E-state index in [1.54, 1.807) is 0 Å². The SMILES string of the molecule is CC(C)(C)C(=O)O[C@@H]1C[C@H](N)[C@H]2C[C@H]21. The third kappa shape index (κ3) is 1.65. The van der Waals surface area contributed by atoms with Gasteiger partial charge in [0.1, 0.15) is 6.10 Å². The van der Waals surface area contributed by atoms with Crippen molar-refractivity contribution in [2.24, 2.45) is 23.0 Å². The zero-order valence-electron chi connectivity index (χ0n) is 9.12. The Kier molecular flexibility index (Phi) is 2.11. The van der Waals surface area contributed by atoms with Gasteiger partial charge in [-0.25, -0.2) is 0 Å². The van der Waals surface area contributed by atoms with Crippen LogP contribution in [0.4, 0.5) is 0 Å². The molecule has 0 saturated heterocycles. The largest absolute Gasteiger partial charge is 0.462 e. The molecule has 0 unspecified atom stereocenters. The Balaban J connectivity index is 1.90. The van der Waals surface area contributed by atoms with Gasteiger partial charge in [0, 0.05) is 18.4 Å². The Labute approximate surface area is 85.0 Å². The highest BCUT2D eigenvalue weighted by molar-refractivity contribution is 5.75. The summed E-state index contributed by atoms with van der Waals surface area (Å²) in [6.45, 7) is 5.65. The molecule has 4 atom stereocenters. The standard InChI is InChI=1S/C11H19NO2/c1-11(2,3)10(13)14-9-5-8(12)6-4-7(6)9/h6-9H,4-5,12H2,1-3H3/t6-,7+,8-,9+/m0/s1. The fraction of sp³-hybridized carbons (Fsp3) is 0.909. The van der Waals surface area contributed by atoms with Gasteiger partial charge in [0.05, 0.1) is 5.41 Å². The van der Waals surface area contributed by atoms with Crippen molar-refractivity contribution >= 4 is 5.97 Å². The Morgan fingerprint density at radius 2 is 1.93 bits per heavy atom. The first kappa shape index (κ1) is 9.97. The number of nitrogens with two attached hydrogens (primary N) is 1. The van der Waals surface area contributed by atoms with E-state index in [4.69, 9.17) is 10.5 Å². The molecular formula is C11H19NO2. The molecule has 3 heteroatoms. The van der Waals surface area contributed by atoms with Crippen molar-refractivity contribution in [1.82, 2.24) is 0 Å². The summed E-state index contributed by atoms with van der Waals surface area (Å²) in [7, 11) is 0. The van der Waals surface area contributed by atoms with Gasteiger partial charge in [-0.15, -0.1) is 0 Å². The van der Waals surface area contributed by atoms with Gasteiger partial charge in [0.15, 0.2) is 0 Å². The van der Waals surface area contributed by atoms with Crippen molar-refractivity contribution in [3.8, 4) is 0 Å². The van der Waals surface area contributed by atoms with Crippen molar-refractivity contribution < 1.29 is 9.53 Å². The first-order valence-electron chi connectivity index (χ1n) is 5.36. The van der Waals surface area contributed by atoms with Crippen molar-refractivity contribution in [3.63, 3.8) is 0 Å². The molecule has 2 N–H and O–H groups in total. The van der Waals surface area contributed by atoms with Gasteiger partial charge in [-0.1, -0.05) is 0 Å². The maximum absolute atomic E-state index is 11.6. The third-order valence-corrected chi connectivity index (χ3v) is 3.29. The Morgan fingerprint density at radius 3 is 2.29 bits per heavy atom. The molecule has 0 aromatic heterocycles. The van der Waals surface area contributed by atoms with Crippen LogP contribution < -0.4 is 5.73 Å². The van der Waals surface area contributed by atoms with Crippen LogP contribution in [-0.4, -0.2) is 18.1 Å². The summed E-state index contributed by atoms with van der Waals surface area (Å²) < 4.78 is 5.48. The quantitative estimate of drug-likeness (QED) is 0.645. The smallest absolute Gasteiger partial charge is 0.311 e. The molecule has 0 amide bonds. The molecule has 80 valence electrons. The predicted molar refractivity (Wildman–Crippen MR) is 53.5 cm³/mol. The lowest BCUT2D eigenvalue weighted by Gasteiger charge is -2.21. The van der Waals surface area contributed by atoms with Crippen LogP contribution in [0.1, 0.15) is 33.6 Å². The maximum atomic E-state index is 11.6. The van der Waals surface area contributed by atoms with Crippen LogP contribution in [0.3, 0.4) is 0 Å². The second-order valence-corrected chi connectivity index (χ2v) is 5.66. The predicted octanol–water partition coefficient (Wildman–Crippen LogP) is 1.31. The molecule has 0 aromatic rings. The summed E-state index contributed by atoms with van der Waals surface area (Å²) in [6.07, 6.45) is 2.11. The van der Waals surface area contributed by atoms with Gasteiger partial charge >= 0.3 is 5.97 Å². The van der Waals surface area contributed by atoms with Gasteiger partial charge in [-0.2, -0.15) is 0 Å². The van der Waals surface area contributed by atoms with Crippen LogP contribution in [0.5, 0.6) is 0 Å². The number of hydrogen-bond donors (Lipinski definition) is 1. The topological polar surface area (TPSA) is 52.3 Å². The summed E-state index contributed by atoms with van der Waals surface area (Å²) in [6, 6.07) is 0.262. The number of carbonyl (C=O) groups excluding carboxylic acids is 1. The van der Waals surface area contributed by atoms with Gasteiger partial charge in [-0.05, 0) is 33.1 Å². The van der Waals surface area contributed by atoms with E-state index in [-0.39, 0.29) is 18.1 Å². The van der Waals surface area contributed by atoms with Crippen molar-refractivity contribution in [3.05, 3.63) is 0 Å². The number of fused-ring (bicyclic) bond motifs is 1. The van der Waals surface area contributed by atoms with Crippen LogP contribution in [0.2, 0.25) is 0 Å². The number of carbonyl (C=O) groups is 1. The monoisotopic (exact) mass is 197 g/mol. The highest BCUT2D eigenvalue weighted by atomic mass is 16.5. The summed E-state index contributed by atoms with van der Waals surface area (Å²) in [5.74, 6) is 1.10. The lowest BCUT2D eigenvalue weighted by atomic mass is 9.97. The molecule has 2 aliphatic rings. The fourth-order valence-electron chi connectivity index (χ4n) is 2.22. The van der Waals surface area contributed by atoms with E-state index in [1.807, 2.05) is 20.8 Å². The molecule has 0 heterocycles. The van der Waals surface area contributed by atoms with Crippen LogP contribution in [0, 0.1) is 17.3 Å². The summed E-state index contributed by atoms with van der Waals surface area (Å²) in [5.41, 5.74) is 5.51. The van der Waals surface area contributed by atoms with E-state index in [9.17, 15) is 4.79 Å². The minimum Gasteiger partial charge on any atom is -0.462 e. The summed E-state index contributed by atoms with van der Waals surface area (Å²) in [5, 5.41) is 0. The van der Waals surface area contributed by atoms with Gasteiger partial charge in [0.2, 0.25) is 0 Å². The van der Waals surface area contributed by atoms with E-state index in [0.717, 1.165) is 12.8 Å². The Bertz CT molecular complexity index is 257. The van der Waals surface area contributed by atoms with Crippen molar-refractivity contribution in [2.45, 2.75) is 45.8 Å². The van der Waals surface area contributed by atoms with E-state index in [2.05, 4.69) is 0 Å². The highest BCUT2D eigenvalue weighted by Gasteiger charge is 2.55. The molecule has 2 aliphatic carbocycles. The molecule has 0 bridgehead atoms. The van der Waals surface area contributed by atoms with Gasteiger partial charge < -0.3 is 10.5 Å². The number of rotatable bonds is 1. The zero-order chi connectivity index (χ0) is 10.5. The second-order valence-electron chi connectivity index (χ2n) is 5.66. The number of ether oxygens (including phenoxy) is 1. The molecule has 14 heavy (non-hydrogen) atoms. The van der Waals surface area contributed by atoms with Crippen LogP contribution in [0.15, 0.2) is 0 Å². The molecule has 2 saturated carbocycles. The first-order chi connectivity index (χ1) is 6.39. The van der Waals surface area contributed by atoms with E-state index in [1.165, 1.54) is 0 Å². The average molecular weight is 197 g/mol.